The van der Waals surface area contributed by atoms with Gasteiger partial charge in [0.1, 0.15) is 5.75 Å². The van der Waals surface area contributed by atoms with Gasteiger partial charge >= 0.3 is 0 Å². The fourth-order valence-electron chi connectivity index (χ4n) is 3.04. The van der Waals surface area contributed by atoms with E-state index in [0.717, 1.165) is 5.69 Å². The molecule has 3 rings (SSSR count). The lowest BCUT2D eigenvalue weighted by Gasteiger charge is -2.17. The van der Waals surface area contributed by atoms with Crippen molar-refractivity contribution in [2.75, 3.05) is 18.1 Å². The number of rotatable bonds is 6. The van der Waals surface area contributed by atoms with Crippen LogP contribution in [0.25, 0.3) is 0 Å². The van der Waals surface area contributed by atoms with Crippen LogP contribution in [0.4, 0.5) is 5.69 Å². The molecule has 1 fully saturated rings. The van der Waals surface area contributed by atoms with Gasteiger partial charge in [-0.25, -0.2) is 0 Å². The molecule has 0 radical (unpaired) electrons. The number of halogens is 1. The van der Waals surface area contributed by atoms with Gasteiger partial charge in [-0.3, -0.25) is 9.59 Å². The summed E-state index contributed by atoms with van der Waals surface area (Å²) in [5.74, 6) is 0.845. The van der Waals surface area contributed by atoms with E-state index in [4.69, 9.17) is 16.3 Å². The number of benzene rings is 2. The molecule has 5 nitrogen and oxygen atoms in total. The van der Waals surface area contributed by atoms with E-state index in [-0.39, 0.29) is 30.9 Å². The number of amides is 2. The Morgan fingerprint density at radius 3 is 2.48 bits per heavy atom. The topological polar surface area (TPSA) is 58.6 Å². The molecule has 1 aliphatic heterocycles. The lowest BCUT2D eigenvalue weighted by atomic mass is 10.0. The van der Waals surface area contributed by atoms with Crippen LogP contribution in [0.5, 0.6) is 5.75 Å². The molecule has 0 aliphatic carbocycles. The molecule has 1 heterocycles. The van der Waals surface area contributed by atoms with Gasteiger partial charge in [-0.1, -0.05) is 37.6 Å². The highest BCUT2D eigenvalue weighted by Gasteiger charge is 2.31. The molecule has 27 heavy (non-hydrogen) atoms. The third-order valence-electron chi connectivity index (χ3n) is 4.55. The van der Waals surface area contributed by atoms with Crippen molar-refractivity contribution in [1.82, 2.24) is 5.32 Å². The van der Waals surface area contributed by atoms with E-state index in [1.807, 2.05) is 24.3 Å². The van der Waals surface area contributed by atoms with Crippen molar-refractivity contribution in [2.24, 2.45) is 0 Å². The van der Waals surface area contributed by atoms with Crippen LogP contribution in [0.15, 0.2) is 48.5 Å². The summed E-state index contributed by atoms with van der Waals surface area (Å²) in [5.41, 5.74) is 2.00. The van der Waals surface area contributed by atoms with Crippen LogP contribution >= 0.6 is 11.6 Å². The zero-order valence-corrected chi connectivity index (χ0v) is 16.2. The molecule has 6 heteroatoms. The second-order valence-corrected chi connectivity index (χ2v) is 7.40. The third-order valence-corrected chi connectivity index (χ3v) is 4.80. The average molecular weight is 387 g/mol. The molecule has 0 saturated carbocycles. The largest absolute Gasteiger partial charge is 0.484 e. The van der Waals surface area contributed by atoms with Gasteiger partial charge in [0, 0.05) is 23.7 Å². The van der Waals surface area contributed by atoms with Crippen molar-refractivity contribution in [3.63, 3.8) is 0 Å². The highest BCUT2D eigenvalue weighted by atomic mass is 35.5. The lowest BCUT2D eigenvalue weighted by Crippen LogP contribution is -2.39. The van der Waals surface area contributed by atoms with Crippen LogP contribution in [0.2, 0.25) is 5.02 Å². The maximum Gasteiger partial charge on any atom is 0.258 e. The number of anilines is 1. The Kier molecular flexibility index (Phi) is 6.01. The van der Waals surface area contributed by atoms with Gasteiger partial charge in [0.15, 0.2) is 6.61 Å². The minimum absolute atomic E-state index is 0.0205. The molecular weight excluding hydrogens is 364 g/mol. The van der Waals surface area contributed by atoms with E-state index < -0.39 is 0 Å². The SMILES string of the molecule is CC(C)c1ccc(OCC(=O)N[C@@H]2CC(=O)N(c3ccc(Cl)cc3)C2)cc1. The smallest absolute Gasteiger partial charge is 0.258 e. The summed E-state index contributed by atoms with van der Waals surface area (Å²) in [5, 5.41) is 3.49. The van der Waals surface area contributed by atoms with Crippen LogP contribution in [-0.4, -0.2) is 31.0 Å². The number of nitrogens with zero attached hydrogens (tertiary/aromatic N) is 1. The minimum atomic E-state index is -0.237. The summed E-state index contributed by atoms with van der Waals surface area (Å²) in [4.78, 5) is 26.0. The Bertz CT molecular complexity index is 803. The molecule has 1 atom stereocenters. The summed E-state index contributed by atoms with van der Waals surface area (Å²) < 4.78 is 5.54. The molecule has 1 N–H and O–H groups in total. The van der Waals surface area contributed by atoms with Crippen molar-refractivity contribution in [2.45, 2.75) is 32.2 Å². The molecule has 1 saturated heterocycles. The normalized spacial score (nSPS) is 16.7. The van der Waals surface area contributed by atoms with Gasteiger partial charge in [0.05, 0.1) is 6.04 Å². The van der Waals surface area contributed by atoms with Gasteiger partial charge in [-0.15, -0.1) is 0 Å². The van der Waals surface area contributed by atoms with Crippen molar-refractivity contribution >= 4 is 29.1 Å². The van der Waals surface area contributed by atoms with Crippen LogP contribution in [0.3, 0.4) is 0 Å². The Labute approximate surface area is 164 Å². The van der Waals surface area contributed by atoms with Crippen molar-refractivity contribution < 1.29 is 14.3 Å². The quantitative estimate of drug-likeness (QED) is 0.822. The van der Waals surface area contributed by atoms with Crippen molar-refractivity contribution in [3.05, 3.63) is 59.1 Å². The van der Waals surface area contributed by atoms with E-state index in [1.54, 1.807) is 29.2 Å². The highest BCUT2D eigenvalue weighted by molar-refractivity contribution is 6.30. The van der Waals surface area contributed by atoms with Gasteiger partial charge in [0.2, 0.25) is 5.91 Å². The molecular formula is C21H23ClN2O3. The Morgan fingerprint density at radius 2 is 1.85 bits per heavy atom. The number of nitrogens with one attached hydrogen (secondary N) is 1. The zero-order chi connectivity index (χ0) is 19.4. The summed E-state index contributed by atoms with van der Waals surface area (Å²) in [6.07, 6.45) is 0.275. The molecule has 0 spiro atoms. The Balaban J connectivity index is 1.49. The highest BCUT2D eigenvalue weighted by Crippen LogP contribution is 2.23. The number of hydrogen-bond acceptors (Lipinski definition) is 3. The first-order valence-electron chi connectivity index (χ1n) is 9.00. The summed E-state index contributed by atoms with van der Waals surface area (Å²) >= 11 is 5.89. The van der Waals surface area contributed by atoms with Crippen LogP contribution < -0.4 is 15.0 Å². The molecule has 0 aromatic heterocycles. The van der Waals surface area contributed by atoms with Crippen LogP contribution in [-0.2, 0) is 9.59 Å². The fraction of sp³-hybridized carbons (Fsp3) is 0.333. The summed E-state index contributed by atoms with van der Waals surface area (Å²) in [6.45, 7) is 4.61. The fourth-order valence-corrected chi connectivity index (χ4v) is 3.17. The first-order chi connectivity index (χ1) is 12.9. The second kappa shape index (κ2) is 8.44. The van der Waals surface area contributed by atoms with E-state index in [9.17, 15) is 9.59 Å². The van der Waals surface area contributed by atoms with Crippen molar-refractivity contribution in [1.29, 1.82) is 0 Å². The van der Waals surface area contributed by atoms with E-state index in [1.165, 1.54) is 5.56 Å². The number of ether oxygens (including phenoxy) is 1. The number of carbonyl (C=O) groups excluding carboxylic acids is 2. The molecule has 2 amide bonds. The summed E-state index contributed by atoms with van der Waals surface area (Å²) in [7, 11) is 0. The minimum Gasteiger partial charge on any atom is -0.484 e. The Hall–Kier alpha value is -2.53. The molecule has 1 aliphatic rings. The summed E-state index contributed by atoms with van der Waals surface area (Å²) in [6, 6.07) is 14.6. The lowest BCUT2D eigenvalue weighted by molar-refractivity contribution is -0.123. The molecule has 2 aromatic carbocycles. The third kappa shape index (κ3) is 5.01. The van der Waals surface area contributed by atoms with Crippen LogP contribution in [0, 0.1) is 0 Å². The average Bonchev–Trinajstić information content (AvgIpc) is 3.01. The van der Waals surface area contributed by atoms with E-state index >= 15 is 0 Å². The maximum absolute atomic E-state index is 12.2. The van der Waals surface area contributed by atoms with Gasteiger partial charge < -0.3 is 15.0 Å². The predicted octanol–water partition coefficient (Wildman–Crippen LogP) is 3.76. The monoisotopic (exact) mass is 386 g/mol. The Morgan fingerprint density at radius 1 is 1.19 bits per heavy atom. The first-order valence-corrected chi connectivity index (χ1v) is 9.38. The molecule has 0 bridgehead atoms. The standard InChI is InChI=1S/C21H23ClN2O3/c1-14(2)15-3-9-19(10-4-15)27-13-20(25)23-17-11-21(26)24(12-17)18-7-5-16(22)6-8-18/h3-10,14,17H,11-13H2,1-2H3,(H,23,25)/t17-/m1/s1. The van der Waals surface area contributed by atoms with Crippen LogP contribution in [0.1, 0.15) is 31.7 Å². The zero-order valence-electron chi connectivity index (χ0n) is 15.4. The maximum atomic E-state index is 12.2. The molecule has 2 aromatic rings. The predicted molar refractivity (Wildman–Crippen MR) is 106 cm³/mol. The van der Waals surface area contributed by atoms with Gasteiger partial charge in [0.25, 0.3) is 5.91 Å². The van der Waals surface area contributed by atoms with Crippen molar-refractivity contribution in [3.8, 4) is 5.75 Å². The number of hydrogen-bond donors (Lipinski definition) is 1. The van der Waals surface area contributed by atoms with Gasteiger partial charge in [-0.2, -0.15) is 0 Å². The molecule has 142 valence electrons. The van der Waals surface area contributed by atoms with Gasteiger partial charge in [-0.05, 0) is 47.9 Å². The second-order valence-electron chi connectivity index (χ2n) is 6.96. The number of carbonyl (C=O) groups is 2. The first kappa shape index (κ1) is 19.2. The van der Waals surface area contributed by atoms with E-state index in [2.05, 4.69) is 19.2 Å². The van der Waals surface area contributed by atoms with E-state index in [0.29, 0.717) is 23.2 Å². The molecule has 0 unspecified atom stereocenters.